The van der Waals surface area contributed by atoms with Crippen molar-refractivity contribution in [2.75, 3.05) is 13.1 Å². The average Bonchev–Trinajstić information content (AvgIpc) is 2.02. The highest BCUT2D eigenvalue weighted by atomic mass is 16.2. The van der Waals surface area contributed by atoms with Gasteiger partial charge >= 0.3 is 6.03 Å². The second-order valence-electron chi connectivity index (χ2n) is 4.75. The SMILES string of the molecule is CCN(CC)C(C)NC(=O)NC(C)(C)C. The number of hydrogen-bond donors (Lipinski definition) is 2. The summed E-state index contributed by atoms with van der Waals surface area (Å²) in [5.74, 6) is 0. The van der Waals surface area contributed by atoms with E-state index in [0.717, 1.165) is 13.1 Å². The standard InChI is InChI=1S/C11H25N3O/c1-7-14(8-2)9(3)12-10(15)13-11(4,5)6/h9H,7-8H2,1-6H3,(H2,12,13,15). The van der Waals surface area contributed by atoms with Crippen LogP contribution in [0.4, 0.5) is 4.79 Å². The molecule has 0 aliphatic rings. The van der Waals surface area contributed by atoms with Crippen molar-refractivity contribution in [2.45, 2.75) is 53.2 Å². The van der Waals surface area contributed by atoms with Crippen molar-refractivity contribution in [2.24, 2.45) is 0 Å². The van der Waals surface area contributed by atoms with Gasteiger partial charge in [0.05, 0.1) is 6.17 Å². The van der Waals surface area contributed by atoms with Gasteiger partial charge in [-0.25, -0.2) is 4.79 Å². The summed E-state index contributed by atoms with van der Waals surface area (Å²) in [6.45, 7) is 13.9. The van der Waals surface area contributed by atoms with E-state index in [2.05, 4.69) is 29.4 Å². The molecule has 0 saturated carbocycles. The Kier molecular flexibility index (Phi) is 5.65. The first kappa shape index (κ1) is 14.2. The molecule has 0 aromatic carbocycles. The molecule has 4 nitrogen and oxygen atoms in total. The molecule has 0 saturated heterocycles. The maximum absolute atomic E-state index is 11.6. The van der Waals surface area contributed by atoms with Crippen molar-refractivity contribution >= 4 is 6.03 Å². The highest BCUT2D eigenvalue weighted by Crippen LogP contribution is 1.99. The maximum Gasteiger partial charge on any atom is 0.316 e. The molecule has 0 aliphatic heterocycles. The quantitative estimate of drug-likeness (QED) is 0.702. The number of carbonyl (C=O) groups is 1. The van der Waals surface area contributed by atoms with Crippen LogP contribution in [-0.2, 0) is 0 Å². The molecule has 0 heterocycles. The number of rotatable bonds is 4. The second-order valence-corrected chi connectivity index (χ2v) is 4.75. The van der Waals surface area contributed by atoms with Crippen molar-refractivity contribution in [1.29, 1.82) is 0 Å². The second kappa shape index (κ2) is 5.95. The third-order valence-electron chi connectivity index (χ3n) is 2.19. The monoisotopic (exact) mass is 215 g/mol. The van der Waals surface area contributed by atoms with Crippen LogP contribution in [0.25, 0.3) is 0 Å². The first-order valence-corrected chi connectivity index (χ1v) is 5.63. The number of hydrogen-bond acceptors (Lipinski definition) is 2. The fraction of sp³-hybridized carbons (Fsp3) is 0.909. The van der Waals surface area contributed by atoms with Crippen LogP contribution in [-0.4, -0.2) is 35.7 Å². The maximum atomic E-state index is 11.6. The van der Waals surface area contributed by atoms with Crippen molar-refractivity contribution in [3.63, 3.8) is 0 Å². The molecule has 0 radical (unpaired) electrons. The molecule has 15 heavy (non-hydrogen) atoms. The molecule has 2 N–H and O–H groups in total. The molecular formula is C11H25N3O. The zero-order chi connectivity index (χ0) is 12.1. The zero-order valence-electron chi connectivity index (χ0n) is 10.8. The largest absolute Gasteiger partial charge is 0.334 e. The van der Waals surface area contributed by atoms with Crippen molar-refractivity contribution in [3.8, 4) is 0 Å². The van der Waals surface area contributed by atoms with E-state index >= 15 is 0 Å². The minimum absolute atomic E-state index is 0.0716. The molecule has 0 aliphatic carbocycles. The van der Waals surface area contributed by atoms with E-state index in [-0.39, 0.29) is 17.7 Å². The predicted octanol–water partition coefficient (Wildman–Crippen LogP) is 1.77. The Morgan fingerprint density at radius 2 is 1.73 bits per heavy atom. The Morgan fingerprint density at radius 1 is 1.27 bits per heavy atom. The van der Waals surface area contributed by atoms with Crippen molar-refractivity contribution in [1.82, 2.24) is 15.5 Å². The fourth-order valence-electron chi connectivity index (χ4n) is 1.43. The van der Waals surface area contributed by atoms with Crippen LogP contribution >= 0.6 is 0 Å². The normalized spacial score (nSPS) is 13.8. The number of nitrogens with zero attached hydrogens (tertiary/aromatic N) is 1. The van der Waals surface area contributed by atoms with Crippen LogP contribution in [0.3, 0.4) is 0 Å². The first-order chi connectivity index (χ1) is 6.80. The average molecular weight is 215 g/mol. The van der Waals surface area contributed by atoms with Gasteiger partial charge in [-0.2, -0.15) is 0 Å². The van der Waals surface area contributed by atoms with Gasteiger partial charge in [0.2, 0.25) is 0 Å². The van der Waals surface area contributed by atoms with Crippen LogP contribution in [0, 0.1) is 0 Å². The highest BCUT2D eigenvalue weighted by molar-refractivity contribution is 5.74. The molecule has 0 fully saturated rings. The number of urea groups is 1. The molecule has 0 aromatic heterocycles. The summed E-state index contributed by atoms with van der Waals surface area (Å²) in [5, 5.41) is 5.79. The predicted molar refractivity (Wildman–Crippen MR) is 63.8 cm³/mol. The molecule has 0 aromatic rings. The Balaban J connectivity index is 4.06. The minimum atomic E-state index is -0.187. The van der Waals surface area contributed by atoms with Crippen LogP contribution in [0.1, 0.15) is 41.5 Å². The van der Waals surface area contributed by atoms with E-state index in [1.165, 1.54) is 0 Å². The van der Waals surface area contributed by atoms with Gasteiger partial charge in [-0.15, -0.1) is 0 Å². The molecule has 0 rings (SSSR count). The molecule has 4 heteroatoms. The third kappa shape index (κ3) is 6.33. The Labute approximate surface area is 93.4 Å². The van der Waals surface area contributed by atoms with E-state index < -0.39 is 0 Å². The summed E-state index contributed by atoms with van der Waals surface area (Å²) in [5.41, 5.74) is -0.187. The van der Waals surface area contributed by atoms with Gasteiger partial charge in [-0.3, -0.25) is 4.90 Å². The zero-order valence-corrected chi connectivity index (χ0v) is 10.8. The lowest BCUT2D eigenvalue weighted by molar-refractivity contribution is 0.183. The molecule has 1 unspecified atom stereocenters. The lowest BCUT2D eigenvalue weighted by Gasteiger charge is -2.29. The lowest BCUT2D eigenvalue weighted by Crippen LogP contribution is -2.53. The van der Waals surface area contributed by atoms with Crippen molar-refractivity contribution < 1.29 is 4.79 Å². The molecule has 0 spiro atoms. The Morgan fingerprint density at radius 3 is 2.07 bits per heavy atom. The summed E-state index contributed by atoms with van der Waals surface area (Å²) in [7, 11) is 0. The summed E-state index contributed by atoms with van der Waals surface area (Å²) in [4.78, 5) is 13.7. The third-order valence-corrected chi connectivity index (χ3v) is 2.19. The summed E-state index contributed by atoms with van der Waals surface area (Å²) < 4.78 is 0. The van der Waals surface area contributed by atoms with Gasteiger partial charge in [-0.1, -0.05) is 13.8 Å². The molecular weight excluding hydrogens is 190 g/mol. The smallest absolute Gasteiger partial charge is 0.316 e. The highest BCUT2D eigenvalue weighted by Gasteiger charge is 2.17. The number of nitrogens with one attached hydrogen (secondary N) is 2. The van der Waals surface area contributed by atoms with Crippen LogP contribution < -0.4 is 10.6 Å². The van der Waals surface area contributed by atoms with Crippen LogP contribution in [0.2, 0.25) is 0 Å². The van der Waals surface area contributed by atoms with Crippen LogP contribution in [0.5, 0.6) is 0 Å². The van der Waals surface area contributed by atoms with Gasteiger partial charge in [0.15, 0.2) is 0 Å². The summed E-state index contributed by atoms with van der Waals surface area (Å²) in [6, 6.07) is -0.109. The minimum Gasteiger partial charge on any atom is -0.334 e. The molecule has 1 atom stereocenters. The number of carbonyl (C=O) groups excluding carboxylic acids is 1. The van der Waals surface area contributed by atoms with Gasteiger partial charge < -0.3 is 10.6 Å². The van der Waals surface area contributed by atoms with E-state index in [1.54, 1.807) is 0 Å². The van der Waals surface area contributed by atoms with E-state index in [4.69, 9.17) is 0 Å². The fourth-order valence-corrected chi connectivity index (χ4v) is 1.43. The van der Waals surface area contributed by atoms with Gasteiger partial charge in [0, 0.05) is 5.54 Å². The van der Waals surface area contributed by atoms with E-state index in [9.17, 15) is 4.79 Å². The molecule has 2 amide bonds. The first-order valence-electron chi connectivity index (χ1n) is 5.63. The van der Waals surface area contributed by atoms with E-state index in [1.807, 2.05) is 27.7 Å². The Hall–Kier alpha value is -0.770. The Bertz CT molecular complexity index is 194. The lowest BCUT2D eigenvalue weighted by atomic mass is 10.1. The van der Waals surface area contributed by atoms with Gasteiger partial charge in [0.1, 0.15) is 0 Å². The van der Waals surface area contributed by atoms with E-state index in [0.29, 0.717) is 0 Å². The molecule has 90 valence electrons. The van der Waals surface area contributed by atoms with Gasteiger partial charge in [-0.05, 0) is 40.8 Å². The topological polar surface area (TPSA) is 44.4 Å². The van der Waals surface area contributed by atoms with Crippen LogP contribution in [0.15, 0.2) is 0 Å². The number of amides is 2. The summed E-state index contributed by atoms with van der Waals surface area (Å²) >= 11 is 0. The van der Waals surface area contributed by atoms with Crippen molar-refractivity contribution in [3.05, 3.63) is 0 Å². The molecule has 0 bridgehead atoms. The van der Waals surface area contributed by atoms with Gasteiger partial charge in [0.25, 0.3) is 0 Å². The summed E-state index contributed by atoms with van der Waals surface area (Å²) in [6.07, 6.45) is 0.0716.